The maximum absolute atomic E-state index is 12.4. The van der Waals surface area contributed by atoms with Crippen molar-refractivity contribution in [3.8, 4) is 11.1 Å². The number of aromatic nitrogens is 6. The summed E-state index contributed by atoms with van der Waals surface area (Å²) in [6, 6.07) is 13.2. The second-order valence-corrected chi connectivity index (χ2v) is 5.64. The van der Waals surface area contributed by atoms with E-state index >= 15 is 0 Å². The summed E-state index contributed by atoms with van der Waals surface area (Å²) in [6.45, 7) is 0.455. The highest BCUT2D eigenvalue weighted by atomic mass is 16.2. The van der Waals surface area contributed by atoms with Crippen molar-refractivity contribution in [1.82, 2.24) is 30.2 Å². The lowest BCUT2D eigenvalue weighted by atomic mass is 10.1. The lowest BCUT2D eigenvalue weighted by molar-refractivity contribution is 0.102. The van der Waals surface area contributed by atoms with Crippen LogP contribution >= 0.6 is 0 Å². The maximum atomic E-state index is 12.4. The van der Waals surface area contributed by atoms with Crippen LogP contribution in [-0.4, -0.2) is 36.1 Å². The third-order valence-electron chi connectivity index (χ3n) is 3.77. The monoisotopic (exact) mass is 345 g/mol. The van der Waals surface area contributed by atoms with Crippen LogP contribution in [0.5, 0.6) is 0 Å². The highest BCUT2D eigenvalue weighted by Crippen LogP contribution is 2.21. The molecule has 0 aliphatic heterocycles. The second kappa shape index (κ2) is 6.98. The van der Waals surface area contributed by atoms with Crippen molar-refractivity contribution in [1.29, 1.82) is 0 Å². The number of benzene rings is 1. The molecule has 0 bridgehead atoms. The van der Waals surface area contributed by atoms with Gasteiger partial charge in [0.25, 0.3) is 5.91 Å². The SMILES string of the molecule is O=C(Nc1cccc(-c2cn[nH]c2)c1)c1cn(Cc2ccccn2)nn1. The number of nitrogens with zero attached hydrogens (tertiary/aromatic N) is 5. The van der Waals surface area contributed by atoms with Gasteiger partial charge < -0.3 is 5.32 Å². The third kappa shape index (κ3) is 3.48. The summed E-state index contributed by atoms with van der Waals surface area (Å²) in [6.07, 6.45) is 6.84. The molecule has 26 heavy (non-hydrogen) atoms. The van der Waals surface area contributed by atoms with Crippen LogP contribution in [0.25, 0.3) is 11.1 Å². The van der Waals surface area contributed by atoms with Crippen molar-refractivity contribution in [2.45, 2.75) is 6.54 Å². The van der Waals surface area contributed by atoms with Crippen molar-refractivity contribution in [2.24, 2.45) is 0 Å². The highest BCUT2D eigenvalue weighted by molar-refractivity contribution is 6.02. The predicted molar refractivity (Wildman–Crippen MR) is 95.3 cm³/mol. The van der Waals surface area contributed by atoms with E-state index in [2.05, 4.69) is 30.8 Å². The Morgan fingerprint density at radius 1 is 1.15 bits per heavy atom. The number of carbonyl (C=O) groups is 1. The fraction of sp³-hybridized carbons (Fsp3) is 0.0556. The van der Waals surface area contributed by atoms with Gasteiger partial charge in [0.05, 0.1) is 24.6 Å². The molecule has 0 aliphatic carbocycles. The number of anilines is 1. The van der Waals surface area contributed by atoms with Crippen LogP contribution in [0.3, 0.4) is 0 Å². The lowest BCUT2D eigenvalue weighted by Gasteiger charge is -2.05. The van der Waals surface area contributed by atoms with Gasteiger partial charge in [0.2, 0.25) is 0 Å². The molecule has 0 saturated carbocycles. The number of H-pyrrole nitrogens is 1. The molecule has 0 fully saturated rings. The number of rotatable bonds is 5. The van der Waals surface area contributed by atoms with Gasteiger partial charge in [-0.15, -0.1) is 5.10 Å². The number of pyridine rings is 1. The Bertz CT molecular complexity index is 1010. The van der Waals surface area contributed by atoms with Gasteiger partial charge in [-0.1, -0.05) is 23.4 Å². The second-order valence-electron chi connectivity index (χ2n) is 5.64. The maximum Gasteiger partial charge on any atom is 0.277 e. The van der Waals surface area contributed by atoms with E-state index in [9.17, 15) is 4.79 Å². The topological polar surface area (TPSA) is 101 Å². The third-order valence-corrected chi connectivity index (χ3v) is 3.77. The van der Waals surface area contributed by atoms with Crippen molar-refractivity contribution in [3.05, 3.63) is 78.6 Å². The standard InChI is InChI=1S/C18H15N7O/c26-18(17-12-25(24-23-17)11-16-5-1-2-7-19-16)22-15-6-3-4-13(8-15)14-9-20-21-10-14/h1-10,12H,11H2,(H,20,21)(H,22,26). The zero-order chi connectivity index (χ0) is 17.8. The summed E-state index contributed by atoms with van der Waals surface area (Å²) in [5.74, 6) is -0.318. The summed E-state index contributed by atoms with van der Waals surface area (Å²) in [4.78, 5) is 16.6. The van der Waals surface area contributed by atoms with E-state index in [4.69, 9.17) is 0 Å². The smallest absolute Gasteiger partial charge is 0.277 e. The minimum atomic E-state index is -0.318. The summed E-state index contributed by atoms with van der Waals surface area (Å²) >= 11 is 0. The van der Waals surface area contributed by atoms with Crippen molar-refractivity contribution in [3.63, 3.8) is 0 Å². The first-order valence-corrected chi connectivity index (χ1v) is 7.98. The Kier molecular flexibility index (Phi) is 4.21. The van der Waals surface area contributed by atoms with Gasteiger partial charge in [0.15, 0.2) is 5.69 Å². The molecule has 8 heteroatoms. The quantitative estimate of drug-likeness (QED) is 0.578. The molecule has 0 radical (unpaired) electrons. The van der Waals surface area contributed by atoms with Gasteiger partial charge in [-0.05, 0) is 29.8 Å². The first-order valence-electron chi connectivity index (χ1n) is 7.98. The normalized spacial score (nSPS) is 10.6. The molecule has 4 rings (SSSR count). The molecule has 1 aromatic carbocycles. The predicted octanol–water partition coefficient (Wildman–Crippen LogP) is 2.36. The Hall–Kier alpha value is -3.81. The van der Waals surface area contributed by atoms with Gasteiger partial charge in [0, 0.05) is 23.6 Å². The van der Waals surface area contributed by atoms with Crippen molar-refractivity contribution < 1.29 is 4.79 Å². The average molecular weight is 345 g/mol. The van der Waals surface area contributed by atoms with Crippen LogP contribution in [0, 0.1) is 0 Å². The van der Waals surface area contributed by atoms with E-state index in [0.717, 1.165) is 16.8 Å². The fourth-order valence-corrected chi connectivity index (χ4v) is 2.52. The summed E-state index contributed by atoms with van der Waals surface area (Å²) in [7, 11) is 0. The fourth-order valence-electron chi connectivity index (χ4n) is 2.52. The number of hydrogen-bond acceptors (Lipinski definition) is 5. The van der Waals surface area contributed by atoms with E-state index in [1.165, 1.54) is 0 Å². The molecule has 0 atom stereocenters. The number of amides is 1. The molecule has 0 spiro atoms. The summed E-state index contributed by atoms with van der Waals surface area (Å²) < 4.78 is 1.58. The molecule has 0 saturated heterocycles. The van der Waals surface area contributed by atoms with Gasteiger partial charge >= 0.3 is 0 Å². The van der Waals surface area contributed by atoms with Gasteiger partial charge in [-0.25, -0.2) is 4.68 Å². The number of carbonyl (C=O) groups excluding carboxylic acids is 1. The number of aromatic amines is 1. The van der Waals surface area contributed by atoms with Gasteiger partial charge in [0.1, 0.15) is 0 Å². The Morgan fingerprint density at radius 3 is 2.92 bits per heavy atom. The summed E-state index contributed by atoms with van der Waals surface area (Å²) in [5, 5.41) is 17.5. The molecule has 0 aliphatic rings. The molecule has 4 aromatic rings. The van der Waals surface area contributed by atoms with Crippen LogP contribution in [-0.2, 0) is 6.54 Å². The molecular formula is C18H15N7O. The molecule has 128 valence electrons. The average Bonchev–Trinajstić information content (AvgIpc) is 3.35. The van der Waals surface area contributed by atoms with E-state index < -0.39 is 0 Å². The van der Waals surface area contributed by atoms with E-state index in [1.807, 2.05) is 42.5 Å². The van der Waals surface area contributed by atoms with Gasteiger partial charge in [-0.2, -0.15) is 5.10 Å². The summed E-state index contributed by atoms with van der Waals surface area (Å²) in [5.41, 5.74) is 3.66. The molecular weight excluding hydrogens is 330 g/mol. The zero-order valence-corrected chi connectivity index (χ0v) is 13.7. The molecule has 0 unspecified atom stereocenters. The zero-order valence-electron chi connectivity index (χ0n) is 13.7. The first-order chi connectivity index (χ1) is 12.8. The highest BCUT2D eigenvalue weighted by Gasteiger charge is 2.12. The number of nitrogens with one attached hydrogen (secondary N) is 2. The van der Waals surface area contributed by atoms with Crippen molar-refractivity contribution in [2.75, 3.05) is 5.32 Å². The Balaban J connectivity index is 1.46. The first kappa shape index (κ1) is 15.7. The van der Waals surface area contributed by atoms with Crippen LogP contribution in [0.1, 0.15) is 16.2 Å². The molecule has 8 nitrogen and oxygen atoms in total. The van der Waals surface area contributed by atoms with Crippen LogP contribution in [0.4, 0.5) is 5.69 Å². The minimum absolute atomic E-state index is 0.245. The van der Waals surface area contributed by atoms with Crippen LogP contribution in [0.2, 0.25) is 0 Å². The van der Waals surface area contributed by atoms with Crippen LogP contribution in [0.15, 0.2) is 67.3 Å². The molecule has 1 amide bonds. The minimum Gasteiger partial charge on any atom is -0.321 e. The van der Waals surface area contributed by atoms with E-state index in [-0.39, 0.29) is 11.6 Å². The lowest BCUT2D eigenvalue weighted by Crippen LogP contribution is -2.12. The largest absolute Gasteiger partial charge is 0.321 e. The van der Waals surface area contributed by atoms with E-state index in [0.29, 0.717) is 12.2 Å². The number of hydrogen-bond donors (Lipinski definition) is 2. The Morgan fingerprint density at radius 2 is 2.12 bits per heavy atom. The molecule has 2 N–H and O–H groups in total. The molecule has 3 heterocycles. The Labute approximate surface area is 148 Å². The van der Waals surface area contributed by atoms with Crippen molar-refractivity contribution >= 4 is 11.6 Å². The molecule has 3 aromatic heterocycles. The van der Waals surface area contributed by atoms with Crippen LogP contribution < -0.4 is 5.32 Å². The van der Waals surface area contributed by atoms with E-state index in [1.54, 1.807) is 29.5 Å². The van der Waals surface area contributed by atoms with Gasteiger partial charge in [-0.3, -0.25) is 14.9 Å².